The molecule has 1 atom stereocenters. The molecule has 5 rings (SSSR count). The van der Waals surface area contributed by atoms with Gasteiger partial charge in [0.25, 0.3) is 0 Å². The van der Waals surface area contributed by atoms with Crippen LogP contribution in [0.5, 0.6) is 0 Å². The zero-order chi connectivity index (χ0) is 20.0. The number of pyridine rings is 1. The summed E-state index contributed by atoms with van der Waals surface area (Å²) in [5.74, 6) is 0.0469. The summed E-state index contributed by atoms with van der Waals surface area (Å²) in [5, 5.41) is 1.29. The van der Waals surface area contributed by atoms with E-state index in [4.69, 9.17) is 0 Å². The third-order valence-corrected chi connectivity index (χ3v) is 6.13. The maximum atomic E-state index is 13.3. The SMILES string of the molecule is CN(C(=O)Cn1c2ccccc2c(=O)c2ccccc21)C1CCc2ccccc21. The molecule has 4 heteroatoms. The number of aromatic nitrogens is 1. The minimum absolute atomic E-state index is 0.0120. The van der Waals surface area contributed by atoms with Crippen molar-refractivity contribution in [3.05, 3.63) is 94.1 Å². The van der Waals surface area contributed by atoms with E-state index in [1.54, 1.807) is 0 Å². The number of amides is 1. The molecule has 1 aromatic heterocycles. The maximum absolute atomic E-state index is 13.3. The van der Waals surface area contributed by atoms with Crippen LogP contribution in [-0.4, -0.2) is 22.4 Å². The molecule has 0 bridgehead atoms. The standard InChI is InChI=1S/C25H22N2O2/c1-26(21-15-14-17-8-2-3-9-18(17)21)24(28)16-27-22-12-6-4-10-19(22)25(29)20-11-5-7-13-23(20)27/h2-13,21H,14-16H2,1H3. The van der Waals surface area contributed by atoms with Gasteiger partial charge in [0.1, 0.15) is 6.54 Å². The summed E-state index contributed by atoms with van der Waals surface area (Å²) < 4.78 is 1.98. The predicted octanol–water partition coefficient (Wildman–Crippen LogP) is 4.30. The molecule has 1 aliphatic rings. The van der Waals surface area contributed by atoms with Crippen molar-refractivity contribution in [3.8, 4) is 0 Å². The van der Waals surface area contributed by atoms with E-state index in [-0.39, 0.29) is 23.9 Å². The van der Waals surface area contributed by atoms with Gasteiger partial charge in [0, 0.05) is 17.8 Å². The minimum Gasteiger partial charge on any atom is -0.337 e. The molecule has 29 heavy (non-hydrogen) atoms. The van der Waals surface area contributed by atoms with Crippen molar-refractivity contribution < 1.29 is 4.79 Å². The maximum Gasteiger partial charge on any atom is 0.242 e. The Bertz CT molecular complexity index is 1250. The molecule has 4 nitrogen and oxygen atoms in total. The molecule has 144 valence electrons. The quantitative estimate of drug-likeness (QED) is 0.496. The Morgan fingerprint density at radius 3 is 2.21 bits per heavy atom. The Balaban J connectivity index is 1.57. The van der Waals surface area contributed by atoms with Crippen LogP contribution in [0.25, 0.3) is 21.8 Å². The molecule has 0 fully saturated rings. The van der Waals surface area contributed by atoms with Crippen LogP contribution in [0.2, 0.25) is 0 Å². The second-order valence-electron chi connectivity index (χ2n) is 7.71. The lowest BCUT2D eigenvalue weighted by Crippen LogP contribution is -2.33. The fraction of sp³-hybridized carbons (Fsp3) is 0.200. The van der Waals surface area contributed by atoms with Crippen LogP contribution in [0.1, 0.15) is 23.6 Å². The second-order valence-corrected chi connectivity index (χ2v) is 7.71. The Morgan fingerprint density at radius 1 is 0.931 bits per heavy atom. The number of para-hydroxylation sites is 2. The third-order valence-electron chi connectivity index (χ3n) is 6.13. The Morgan fingerprint density at radius 2 is 1.52 bits per heavy atom. The van der Waals surface area contributed by atoms with Crippen LogP contribution in [0.3, 0.4) is 0 Å². The zero-order valence-corrected chi connectivity index (χ0v) is 16.3. The van der Waals surface area contributed by atoms with Gasteiger partial charge in [-0.1, -0.05) is 48.5 Å². The van der Waals surface area contributed by atoms with Gasteiger partial charge >= 0.3 is 0 Å². The van der Waals surface area contributed by atoms with Crippen LogP contribution < -0.4 is 5.43 Å². The van der Waals surface area contributed by atoms with E-state index < -0.39 is 0 Å². The highest BCUT2D eigenvalue weighted by molar-refractivity contribution is 5.94. The first-order chi connectivity index (χ1) is 14.1. The summed E-state index contributed by atoms with van der Waals surface area (Å²) in [7, 11) is 1.89. The molecule has 0 N–H and O–H groups in total. The van der Waals surface area contributed by atoms with Crippen LogP contribution in [0, 0.1) is 0 Å². The van der Waals surface area contributed by atoms with Gasteiger partial charge in [0.2, 0.25) is 5.91 Å². The van der Waals surface area contributed by atoms with Crippen LogP contribution in [-0.2, 0) is 17.8 Å². The predicted molar refractivity (Wildman–Crippen MR) is 116 cm³/mol. The van der Waals surface area contributed by atoms with E-state index in [2.05, 4.69) is 18.2 Å². The van der Waals surface area contributed by atoms with Crippen molar-refractivity contribution in [2.24, 2.45) is 0 Å². The van der Waals surface area contributed by atoms with Gasteiger partial charge in [-0.25, -0.2) is 0 Å². The van der Waals surface area contributed by atoms with Crippen molar-refractivity contribution in [2.45, 2.75) is 25.4 Å². The highest BCUT2D eigenvalue weighted by Gasteiger charge is 2.28. The number of carbonyl (C=O) groups excluding carboxylic acids is 1. The highest BCUT2D eigenvalue weighted by Crippen LogP contribution is 2.35. The molecule has 0 spiro atoms. The molecular weight excluding hydrogens is 360 g/mol. The van der Waals surface area contributed by atoms with Gasteiger partial charge in [0.15, 0.2) is 5.43 Å². The number of fused-ring (bicyclic) bond motifs is 3. The molecule has 1 heterocycles. The van der Waals surface area contributed by atoms with Gasteiger partial charge in [0.05, 0.1) is 17.1 Å². The zero-order valence-electron chi connectivity index (χ0n) is 16.3. The highest BCUT2D eigenvalue weighted by atomic mass is 16.2. The van der Waals surface area contributed by atoms with E-state index in [0.29, 0.717) is 10.8 Å². The molecule has 1 aliphatic carbocycles. The fourth-order valence-electron chi connectivity index (χ4n) is 4.60. The molecule has 1 unspecified atom stereocenters. The largest absolute Gasteiger partial charge is 0.337 e. The van der Waals surface area contributed by atoms with E-state index in [1.807, 2.05) is 71.1 Å². The number of nitrogens with zero attached hydrogens (tertiary/aromatic N) is 2. The number of rotatable bonds is 3. The van der Waals surface area contributed by atoms with Gasteiger partial charge in [-0.2, -0.15) is 0 Å². The summed E-state index contributed by atoms with van der Waals surface area (Å²) in [6, 6.07) is 23.5. The molecule has 0 saturated heterocycles. The summed E-state index contributed by atoms with van der Waals surface area (Å²) in [6.07, 6.45) is 1.95. The summed E-state index contributed by atoms with van der Waals surface area (Å²) in [5.41, 5.74) is 4.18. The van der Waals surface area contributed by atoms with E-state index >= 15 is 0 Å². The monoisotopic (exact) mass is 382 g/mol. The van der Waals surface area contributed by atoms with Gasteiger partial charge in [-0.05, 0) is 48.2 Å². The van der Waals surface area contributed by atoms with E-state index in [1.165, 1.54) is 11.1 Å². The number of hydrogen-bond donors (Lipinski definition) is 0. The molecule has 1 amide bonds. The first-order valence-electron chi connectivity index (χ1n) is 9.99. The molecule has 0 radical (unpaired) electrons. The number of benzene rings is 3. The minimum atomic E-state index is 0.0120. The van der Waals surface area contributed by atoms with Crippen molar-refractivity contribution >= 4 is 27.7 Å². The van der Waals surface area contributed by atoms with Crippen molar-refractivity contribution in [1.82, 2.24) is 9.47 Å². The Labute approximate surface area is 169 Å². The second kappa shape index (κ2) is 6.89. The average Bonchev–Trinajstić information content (AvgIpc) is 3.20. The lowest BCUT2D eigenvalue weighted by Gasteiger charge is -2.27. The van der Waals surface area contributed by atoms with Crippen molar-refractivity contribution in [3.63, 3.8) is 0 Å². The first-order valence-corrected chi connectivity index (χ1v) is 9.99. The van der Waals surface area contributed by atoms with Crippen LogP contribution in [0.4, 0.5) is 0 Å². The molecular formula is C25H22N2O2. The smallest absolute Gasteiger partial charge is 0.242 e. The lowest BCUT2D eigenvalue weighted by atomic mass is 10.1. The summed E-state index contributed by atoms with van der Waals surface area (Å²) >= 11 is 0. The number of carbonyl (C=O) groups is 1. The molecule has 0 aliphatic heterocycles. The molecule has 0 saturated carbocycles. The van der Waals surface area contributed by atoms with Crippen molar-refractivity contribution in [2.75, 3.05) is 7.05 Å². The van der Waals surface area contributed by atoms with Crippen molar-refractivity contribution in [1.29, 1.82) is 0 Å². The van der Waals surface area contributed by atoms with Gasteiger partial charge in [-0.3, -0.25) is 9.59 Å². The summed E-state index contributed by atoms with van der Waals surface area (Å²) in [6.45, 7) is 0.205. The number of hydrogen-bond acceptors (Lipinski definition) is 2. The Kier molecular flexibility index (Phi) is 4.20. The normalized spacial score (nSPS) is 15.6. The lowest BCUT2D eigenvalue weighted by molar-refractivity contribution is -0.132. The Hall–Kier alpha value is -3.40. The molecule has 3 aromatic carbocycles. The van der Waals surface area contributed by atoms with E-state index in [9.17, 15) is 9.59 Å². The van der Waals surface area contributed by atoms with Gasteiger partial charge < -0.3 is 9.47 Å². The summed E-state index contributed by atoms with van der Waals surface area (Å²) in [4.78, 5) is 28.1. The fourth-order valence-corrected chi connectivity index (χ4v) is 4.60. The first kappa shape index (κ1) is 17.7. The molecule has 4 aromatic rings. The average molecular weight is 382 g/mol. The van der Waals surface area contributed by atoms with E-state index in [0.717, 1.165) is 23.9 Å². The van der Waals surface area contributed by atoms with Gasteiger partial charge in [-0.15, -0.1) is 0 Å². The number of aryl methyl sites for hydroxylation is 1. The number of likely N-dealkylation sites (N-methyl/N-ethyl adjacent to an activating group) is 1. The van der Waals surface area contributed by atoms with Crippen LogP contribution >= 0.6 is 0 Å². The van der Waals surface area contributed by atoms with Crippen LogP contribution in [0.15, 0.2) is 77.6 Å². The topological polar surface area (TPSA) is 42.3 Å². The third kappa shape index (κ3) is 2.83.